The van der Waals surface area contributed by atoms with Crippen molar-refractivity contribution in [3.05, 3.63) is 12.2 Å². The summed E-state index contributed by atoms with van der Waals surface area (Å²) in [4.78, 5) is 10.7. The first-order valence-electron chi connectivity index (χ1n) is 8.08. The Morgan fingerprint density at radius 1 is 1.10 bits per heavy atom. The standard InChI is InChI=1S/C17H32O3/c1-4-6-7-8-9-12-16(11-5-2)13-10-14-17(19)20-15(3)18/h5,11,16-17,19H,4,6-10,12-14H2,1-3H3/b11-5+. The molecule has 20 heavy (non-hydrogen) atoms. The van der Waals surface area contributed by atoms with Crippen LogP contribution >= 0.6 is 0 Å². The third-order valence-electron chi connectivity index (χ3n) is 3.47. The van der Waals surface area contributed by atoms with E-state index in [4.69, 9.17) is 4.74 Å². The molecule has 0 saturated heterocycles. The molecule has 0 aliphatic heterocycles. The average molecular weight is 284 g/mol. The van der Waals surface area contributed by atoms with Crippen LogP contribution in [-0.2, 0) is 9.53 Å². The summed E-state index contributed by atoms with van der Waals surface area (Å²) in [5.41, 5.74) is 0. The van der Waals surface area contributed by atoms with Crippen molar-refractivity contribution < 1.29 is 14.6 Å². The first-order chi connectivity index (χ1) is 9.60. The van der Waals surface area contributed by atoms with Crippen LogP contribution < -0.4 is 0 Å². The fraction of sp³-hybridized carbons (Fsp3) is 0.824. The van der Waals surface area contributed by atoms with Crippen LogP contribution in [0.5, 0.6) is 0 Å². The molecule has 0 spiro atoms. The zero-order valence-electron chi connectivity index (χ0n) is 13.4. The van der Waals surface area contributed by atoms with Crippen LogP contribution in [0, 0.1) is 5.92 Å². The Bertz CT molecular complexity index is 261. The second-order valence-corrected chi connectivity index (χ2v) is 5.48. The maximum atomic E-state index is 10.7. The molecular weight excluding hydrogens is 252 g/mol. The lowest BCUT2D eigenvalue weighted by molar-refractivity contribution is -0.166. The van der Waals surface area contributed by atoms with Crippen LogP contribution in [0.1, 0.15) is 78.6 Å². The Kier molecular flexibility index (Phi) is 12.6. The monoisotopic (exact) mass is 284 g/mol. The van der Waals surface area contributed by atoms with Gasteiger partial charge in [-0.1, -0.05) is 51.2 Å². The van der Waals surface area contributed by atoms with E-state index in [1.807, 2.05) is 0 Å². The number of aliphatic hydroxyl groups is 1. The number of esters is 1. The molecule has 3 nitrogen and oxygen atoms in total. The highest BCUT2D eigenvalue weighted by Crippen LogP contribution is 2.19. The molecule has 1 N–H and O–H groups in total. The van der Waals surface area contributed by atoms with Crippen LogP contribution in [0.2, 0.25) is 0 Å². The van der Waals surface area contributed by atoms with Crippen molar-refractivity contribution in [3.63, 3.8) is 0 Å². The second-order valence-electron chi connectivity index (χ2n) is 5.48. The summed E-state index contributed by atoms with van der Waals surface area (Å²) in [5.74, 6) is 0.171. The molecule has 0 aromatic rings. The van der Waals surface area contributed by atoms with Crippen LogP contribution in [0.25, 0.3) is 0 Å². The normalized spacial score (nSPS) is 14.4. The summed E-state index contributed by atoms with van der Waals surface area (Å²) in [6.45, 7) is 5.61. The van der Waals surface area contributed by atoms with E-state index < -0.39 is 12.3 Å². The lowest BCUT2D eigenvalue weighted by Gasteiger charge is -2.14. The molecule has 0 fully saturated rings. The number of hydrogen-bond acceptors (Lipinski definition) is 3. The molecule has 0 amide bonds. The molecule has 0 aliphatic rings. The van der Waals surface area contributed by atoms with Crippen molar-refractivity contribution >= 4 is 5.97 Å². The van der Waals surface area contributed by atoms with Crippen molar-refractivity contribution in [1.82, 2.24) is 0 Å². The minimum absolute atomic E-state index is 0.418. The fourth-order valence-electron chi connectivity index (χ4n) is 2.42. The van der Waals surface area contributed by atoms with Crippen LogP contribution in [0.15, 0.2) is 12.2 Å². The van der Waals surface area contributed by atoms with E-state index >= 15 is 0 Å². The minimum Gasteiger partial charge on any atom is -0.436 e. The van der Waals surface area contributed by atoms with E-state index in [1.54, 1.807) is 0 Å². The van der Waals surface area contributed by atoms with E-state index in [2.05, 4.69) is 26.0 Å². The van der Waals surface area contributed by atoms with Gasteiger partial charge in [-0.3, -0.25) is 4.79 Å². The van der Waals surface area contributed by atoms with E-state index in [-0.39, 0.29) is 0 Å². The molecule has 0 bridgehead atoms. The smallest absolute Gasteiger partial charge is 0.304 e. The number of carbonyl (C=O) groups is 1. The quantitative estimate of drug-likeness (QED) is 0.247. The van der Waals surface area contributed by atoms with Crippen molar-refractivity contribution in [2.24, 2.45) is 5.92 Å². The van der Waals surface area contributed by atoms with Gasteiger partial charge in [0.2, 0.25) is 6.29 Å². The van der Waals surface area contributed by atoms with Gasteiger partial charge in [-0.2, -0.15) is 0 Å². The van der Waals surface area contributed by atoms with Crippen molar-refractivity contribution in [2.75, 3.05) is 0 Å². The maximum Gasteiger partial charge on any atom is 0.304 e. The summed E-state index contributed by atoms with van der Waals surface area (Å²) < 4.78 is 4.72. The molecule has 0 rings (SSSR count). The van der Waals surface area contributed by atoms with Gasteiger partial charge in [-0.25, -0.2) is 0 Å². The third kappa shape index (κ3) is 12.2. The highest BCUT2D eigenvalue weighted by atomic mass is 16.6. The summed E-state index contributed by atoms with van der Waals surface area (Å²) in [6.07, 6.45) is 13.7. The van der Waals surface area contributed by atoms with Gasteiger partial charge in [0.15, 0.2) is 0 Å². The number of rotatable bonds is 12. The third-order valence-corrected chi connectivity index (χ3v) is 3.47. The topological polar surface area (TPSA) is 46.5 Å². The first-order valence-corrected chi connectivity index (χ1v) is 8.08. The zero-order valence-corrected chi connectivity index (χ0v) is 13.4. The van der Waals surface area contributed by atoms with Gasteiger partial charge in [0.25, 0.3) is 0 Å². The number of allylic oxidation sites excluding steroid dienone is 2. The first kappa shape index (κ1) is 19.2. The van der Waals surface area contributed by atoms with Crippen molar-refractivity contribution in [1.29, 1.82) is 0 Å². The highest BCUT2D eigenvalue weighted by Gasteiger charge is 2.09. The Balaban J connectivity index is 3.76. The Morgan fingerprint density at radius 3 is 2.35 bits per heavy atom. The predicted octanol–water partition coefficient (Wildman–Crippen LogP) is 4.59. The van der Waals surface area contributed by atoms with Gasteiger partial charge in [0.1, 0.15) is 0 Å². The Morgan fingerprint density at radius 2 is 1.75 bits per heavy atom. The molecule has 0 aliphatic carbocycles. The number of carbonyl (C=O) groups excluding carboxylic acids is 1. The number of ether oxygens (including phenoxy) is 1. The summed E-state index contributed by atoms with van der Waals surface area (Å²) >= 11 is 0. The predicted molar refractivity (Wildman–Crippen MR) is 83.3 cm³/mol. The Hall–Kier alpha value is -0.830. The van der Waals surface area contributed by atoms with Gasteiger partial charge in [0.05, 0.1) is 0 Å². The molecule has 3 heteroatoms. The van der Waals surface area contributed by atoms with E-state index in [0.717, 1.165) is 12.8 Å². The Labute approximate surface area is 124 Å². The maximum absolute atomic E-state index is 10.7. The molecular formula is C17H32O3. The molecule has 0 radical (unpaired) electrons. The van der Waals surface area contributed by atoms with E-state index in [0.29, 0.717) is 12.3 Å². The average Bonchev–Trinajstić information content (AvgIpc) is 2.37. The summed E-state index contributed by atoms with van der Waals surface area (Å²) in [6, 6.07) is 0. The largest absolute Gasteiger partial charge is 0.436 e. The van der Waals surface area contributed by atoms with Gasteiger partial charge in [0, 0.05) is 13.3 Å². The molecule has 0 heterocycles. The zero-order chi connectivity index (χ0) is 15.2. The lowest BCUT2D eigenvalue weighted by Crippen LogP contribution is -2.15. The number of unbranched alkanes of at least 4 members (excludes halogenated alkanes) is 4. The number of hydrogen-bond donors (Lipinski definition) is 1. The SMILES string of the molecule is C/C=C/C(CCCCCCC)CCCC(O)OC(C)=O. The van der Waals surface area contributed by atoms with Gasteiger partial charge < -0.3 is 9.84 Å². The second kappa shape index (κ2) is 13.2. The van der Waals surface area contributed by atoms with Crippen molar-refractivity contribution in [3.8, 4) is 0 Å². The molecule has 118 valence electrons. The van der Waals surface area contributed by atoms with Gasteiger partial charge >= 0.3 is 5.97 Å². The lowest BCUT2D eigenvalue weighted by atomic mass is 9.94. The molecule has 2 atom stereocenters. The molecule has 2 unspecified atom stereocenters. The van der Waals surface area contributed by atoms with Gasteiger partial charge in [-0.15, -0.1) is 0 Å². The molecule has 0 aromatic carbocycles. The van der Waals surface area contributed by atoms with Crippen LogP contribution in [-0.4, -0.2) is 17.4 Å². The van der Waals surface area contributed by atoms with Crippen LogP contribution in [0.3, 0.4) is 0 Å². The van der Waals surface area contributed by atoms with Gasteiger partial charge in [-0.05, 0) is 32.1 Å². The van der Waals surface area contributed by atoms with Crippen molar-refractivity contribution in [2.45, 2.75) is 84.8 Å². The fourth-order valence-corrected chi connectivity index (χ4v) is 2.42. The molecule has 0 aromatic heterocycles. The summed E-state index contributed by atoms with van der Waals surface area (Å²) in [5, 5.41) is 9.47. The number of aliphatic hydroxyl groups excluding tert-OH is 1. The van der Waals surface area contributed by atoms with E-state index in [9.17, 15) is 9.90 Å². The highest BCUT2D eigenvalue weighted by molar-refractivity contribution is 5.65. The minimum atomic E-state index is -0.941. The molecule has 0 saturated carbocycles. The van der Waals surface area contributed by atoms with Crippen LogP contribution in [0.4, 0.5) is 0 Å². The van der Waals surface area contributed by atoms with E-state index in [1.165, 1.54) is 45.4 Å². The summed E-state index contributed by atoms with van der Waals surface area (Å²) in [7, 11) is 0.